The Bertz CT molecular complexity index is 1110. The molecule has 1 aromatic heterocycles. The van der Waals surface area contributed by atoms with Crippen LogP contribution in [-0.4, -0.2) is 29.6 Å². The zero-order valence-electron chi connectivity index (χ0n) is 22.8. The number of anilines is 2. The normalized spacial score (nSPS) is 28.9. The number of nitrogens with one attached hydrogen (secondary N) is 3. The fourth-order valence-electron chi connectivity index (χ4n) is 7.34. The number of benzene rings is 1. The van der Waals surface area contributed by atoms with Gasteiger partial charge in [0.2, 0.25) is 5.95 Å². The van der Waals surface area contributed by atoms with Crippen molar-refractivity contribution in [1.82, 2.24) is 15.3 Å². The molecule has 0 spiro atoms. The third-order valence-electron chi connectivity index (χ3n) is 9.40. The lowest BCUT2D eigenvalue weighted by molar-refractivity contribution is 0.0496. The summed E-state index contributed by atoms with van der Waals surface area (Å²) in [5, 5.41) is 19.6. The molecule has 0 saturated heterocycles. The highest BCUT2D eigenvalue weighted by Gasteiger charge is 2.43. The minimum absolute atomic E-state index is 0.213. The van der Waals surface area contributed by atoms with E-state index in [1.54, 1.807) is 0 Å². The molecule has 2 aromatic rings. The van der Waals surface area contributed by atoms with Gasteiger partial charge in [0.05, 0.1) is 12.3 Å². The van der Waals surface area contributed by atoms with E-state index in [0.29, 0.717) is 30.1 Å². The van der Waals surface area contributed by atoms with Gasteiger partial charge in [0.1, 0.15) is 0 Å². The summed E-state index contributed by atoms with van der Waals surface area (Å²) in [6.07, 6.45) is 13.3. The monoisotopic (exact) mass is 518 g/mol. The predicted molar refractivity (Wildman–Crippen MR) is 150 cm³/mol. The van der Waals surface area contributed by atoms with Crippen molar-refractivity contribution in [3.05, 3.63) is 47.4 Å². The SMILES string of the molecule is Cc1ccccc1CNc1ncc(F)c(NC[C@@]23CCCC(C[C@@H](CNCC4CCC(C#N)CC4)C2)C3)n1. The molecule has 38 heavy (non-hydrogen) atoms. The van der Waals surface area contributed by atoms with Crippen LogP contribution >= 0.6 is 0 Å². The summed E-state index contributed by atoms with van der Waals surface area (Å²) < 4.78 is 14.7. The zero-order valence-corrected chi connectivity index (χ0v) is 22.8. The van der Waals surface area contributed by atoms with E-state index in [1.807, 2.05) is 12.1 Å². The minimum Gasteiger partial charge on any atom is -0.367 e. The third-order valence-corrected chi connectivity index (χ3v) is 9.40. The molecule has 1 aromatic carbocycles. The molecule has 3 saturated carbocycles. The number of aromatic nitrogens is 2. The van der Waals surface area contributed by atoms with Crippen LogP contribution in [0.2, 0.25) is 0 Å². The largest absolute Gasteiger partial charge is 0.367 e. The molecule has 0 amide bonds. The highest BCUT2D eigenvalue weighted by molar-refractivity contribution is 5.42. The summed E-state index contributed by atoms with van der Waals surface area (Å²) in [4.78, 5) is 8.67. The van der Waals surface area contributed by atoms with Gasteiger partial charge in [-0.05, 0) is 106 Å². The molecule has 0 aliphatic heterocycles. The Morgan fingerprint density at radius 1 is 1.05 bits per heavy atom. The molecule has 3 fully saturated rings. The number of halogens is 1. The number of hydrogen-bond acceptors (Lipinski definition) is 6. The van der Waals surface area contributed by atoms with Crippen molar-refractivity contribution in [2.75, 3.05) is 30.3 Å². The number of hydrogen-bond donors (Lipinski definition) is 3. The molecule has 1 unspecified atom stereocenters. The van der Waals surface area contributed by atoms with Crippen LogP contribution in [0.15, 0.2) is 30.5 Å². The first-order chi connectivity index (χ1) is 18.5. The van der Waals surface area contributed by atoms with Gasteiger partial charge >= 0.3 is 0 Å². The van der Waals surface area contributed by atoms with E-state index in [-0.39, 0.29) is 11.3 Å². The van der Waals surface area contributed by atoms with Gasteiger partial charge in [-0.15, -0.1) is 0 Å². The molecular formula is C31H43FN6. The first-order valence-corrected chi connectivity index (χ1v) is 14.7. The maximum Gasteiger partial charge on any atom is 0.225 e. The fourth-order valence-corrected chi connectivity index (χ4v) is 7.34. The van der Waals surface area contributed by atoms with E-state index in [4.69, 9.17) is 5.26 Å². The average Bonchev–Trinajstić information content (AvgIpc) is 2.93. The molecule has 6 nitrogen and oxygen atoms in total. The first-order valence-electron chi connectivity index (χ1n) is 14.7. The average molecular weight is 519 g/mol. The Hall–Kier alpha value is -2.72. The van der Waals surface area contributed by atoms with E-state index in [9.17, 15) is 4.39 Å². The van der Waals surface area contributed by atoms with E-state index in [0.717, 1.165) is 38.4 Å². The van der Waals surface area contributed by atoms with Gasteiger partial charge in [-0.3, -0.25) is 0 Å². The highest BCUT2D eigenvalue weighted by atomic mass is 19.1. The molecule has 3 aliphatic rings. The van der Waals surface area contributed by atoms with Crippen LogP contribution in [0.4, 0.5) is 16.2 Å². The van der Waals surface area contributed by atoms with Crippen molar-refractivity contribution < 1.29 is 4.39 Å². The summed E-state index contributed by atoms with van der Waals surface area (Å²) in [7, 11) is 0. The van der Waals surface area contributed by atoms with E-state index >= 15 is 0 Å². The Morgan fingerprint density at radius 3 is 2.68 bits per heavy atom. The van der Waals surface area contributed by atoms with Crippen LogP contribution < -0.4 is 16.0 Å². The van der Waals surface area contributed by atoms with Crippen molar-refractivity contribution in [3.63, 3.8) is 0 Å². The lowest BCUT2D eigenvalue weighted by Gasteiger charge is -2.49. The quantitative estimate of drug-likeness (QED) is 0.335. The van der Waals surface area contributed by atoms with Gasteiger partial charge in [-0.25, -0.2) is 9.37 Å². The van der Waals surface area contributed by atoms with Gasteiger partial charge < -0.3 is 16.0 Å². The van der Waals surface area contributed by atoms with Gasteiger partial charge in [0, 0.05) is 19.0 Å². The van der Waals surface area contributed by atoms with Crippen LogP contribution in [0.25, 0.3) is 0 Å². The maximum absolute atomic E-state index is 14.7. The van der Waals surface area contributed by atoms with Gasteiger partial charge in [0.25, 0.3) is 0 Å². The summed E-state index contributed by atoms with van der Waals surface area (Å²) in [5.41, 5.74) is 2.60. The molecule has 0 radical (unpaired) electrons. The van der Waals surface area contributed by atoms with Crippen molar-refractivity contribution in [2.24, 2.45) is 29.1 Å². The Balaban J connectivity index is 1.14. The maximum atomic E-state index is 14.7. The first kappa shape index (κ1) is 26.9. The zero-order chi connectivity index (χ0) is 26.4. The van der Waals surface area contributed by atoms with Crippen LogP contribution in [0, 0.1) is 53.2 Å². The topological polar surface area (TPSA) is 85.7 Å². The van der Waals surface area contributed by atoms with E-state index in [1.165, 1.54) is 68.7 Å². The fraction of sp³-hybridized carbons (Fsp3) is 0.645. The molecule has 3 N–H and O–H groups in total. The smallest absolute Gasteiger partial charge is 0.225 e. The number of rotatable bonds is 10. The van der Waals surface area contributed by atoms with Crippen LogP contribution in [0.5, 0.6) is 0 Å². The third kappa shape index (κ3) is 6.83. The molecule has 204 valence electrons. The van der Waals surface area contributed by atoms with Gasteiger partial charge in [-0.2, -0.15) is 10.2 Å². The summed E-state index contributed by atoms with van der Waals surface area (Å²) in [5.74, 6) is 2.80. The van der Waals surface area contributed by atoms with Crippen LogP contribution in [-0.2, 0) is 6.54 Å². The minimum atomic E-state index is -0.393. The number of nitrogens with zero attached hydrogens (tertiary/aromatic N) is 3. The second-order valence-electron chi connectivity index (χ2n) is 12.3. The van der Waals surface area contributed by atoms with Crippen molar-refractivity contribution in [3.8, 4) is 6.07 Å². The van der Waals surface area contributed by atoms with E-state index in [2.05, 4.69) is 51.0 Å². The molecule has 5 rings (SSSR count). The summed E-state index contributed by atoms with van der Waals surface area (Å²) in [6.45, 7) is 5.61. The highest BCUT2D eigenvalue weighted by Crippen LogP contribution is 2.51. The second kappa shape index (κ2) is 12.4. The molecule has 3 aliphatic carbocycles. The Morgan fingerprint density at radius 2 is 1.87 bits per heavy atom. The van der Waals surface area contributed by atoms with Crippen molar-refractivity contribution in [2.45, 2.75) is 77.7 Å². The van der Waals surface area contributed by atoms with Gasteiger partial charge in [0.15, 0.2) is 11.6 Å². The van der Waals surface area contributed by atoms with Crippen LogP contribution in [0.3, 0.4) is 0 Å². The molecule has 2 bridgehead atoms. The molecule has 7 heteroatoms. The Kier molecular flexibility index (Phi) is 8.79. The van der Waals surface area contributed by atoms with Crippen LogP contribution in [0.1, 0.15) is 75.3 Å². The lowest BCUT2D eigenvalue weighted by Crippen LogP contribution is -2.44. The number of aryl methyl sites for hydroxylation is 1. The lowest BCUT2D eigenvalue weighted by atomic mass is 9.59. The Labute approximate surface area is 227 Å². The van der Waals surface area contributed by atoms with Crippen molar-refractivity contribution >= 4 is 11.8 Å². The summed E-state index contributed by atoms with van der Waals surface area (Å²) in [6, 6.07) is 10.7. The second-order valence-corrected chi connectivity index (χ2v) is 12.3. The summed E-state index contributed by atoms with van der Waals surface area (Å²) >= 11 is 0. The predicted octanol–water partition coefficient (Wildman–Crippen LogP) is 6.45. The molecule has 1 heterocycles. The standard InChI is InChI=1S/C31H43FN6/c1-22-5-2-3-7-27(22)19-35-30-36-20-28(32)29(38-30)37-21-31-12-4-6-25(14-31)13-26(15-31)18-34-17-24-10-8-23(16-33)9-11-24/h2-3,5,7,20,23-26,34H,4,6,8-15,17-19,21H2,1H3,(H2,35,36,37,38)/t23?,24?,25?,26-,31-/m1/s1. The number of nitriles is 1. The number of fused-ring (bicyclic) bond motifs is 2. The molecular weight excluding hydrogens is 475 g/mol. The molecule has 3 atom stereocenters. The van der Waals surface area contributed by atoms with E-state index < -0.39 is 5.82 Å². The van der Waals surface area contributed by atoms with Crippen molar-refractivity contribution in [1.29, 1.82) is 5.26 Å². The van der Waals surface area contributed by atoms with Gasteiger partial charge in [-0.1, -0.05) is 37.1 Å².